The molecule has 1 aliphatic heterocycles. The molecule has 22 heavy (non-hydrogen) atoms. The summed E-state index contributed by atoms with van der Waals surface area (Å²) in [5.41, 5.74) is 2.07. The standard InChI is InChI=1S/C17H21FN4/c1-13-12-16(22-10-2-3-11-22)21-17(20-13)19-9-8-14-4-6-15(18)7-5-14/h4-7,12H,2-3,8-11H2,1H3,(H,19,20,21). The van der Waals surface area contributed by atoms with E-state index in [0.717, 1.165) is 43.1 Å². The van der Waals surface area contributed by atoms with E-state index >= 15 is 0 Å². The van der Waals surface area contributed by atoms with Crippen molar-refractivity contribution in [2.24, 2.45) is 0 Å². The van der Waals surface area contributed by atoms with Gasteiger partial charge in [-0.3, -0.25) is 0 Å². The molecule has 0 saturated carbocycles. The fraction of sp³-hybridized carbons (Fsp3) is 0.412. The summed E-state index contributed by atoms with van der Waals surface area (Å²) in [6.45, 7) is 4.87. The average molecular weight is 300 g/mol. The SMILES string of the molecule is Cc1cc(N2CCCC2)nc(NCCc2ccc(F)cc2)n1. The second-order valence-corrected chi connectivity index (χ2v) is 5.69. The quantitative estimate of drug-likeness (QED) is 0.921. The highest BCUT2D eigenvalue weighted by Gasteiger charge is 2.14. The Morgan fingerprint density at radius 2 is 1.86 bits per heavy atom. The Hall–Kier alpha value is -2.17. The molecule has 0 atom stereocenters. The number of anilines is 2. The Morgan fingerprint density at radius 1 is 1.14 bits per heavy atom. The second kappa shape index (κ2) is 6.73. The topological polar surface area (TPSA) is 41.1 Å². The summed E-state index contributed by atoms with van der Waals surface area (Å²) in [5.74, 6) is 1.48. The molecule has 5 heteroatoms. The fourth-order valence-electron chi connectivity index (χ4n) is 2.71. The molecular weight excluding hydrogens is 279 g/mol. The zero-order valence-corrected chi connectivity index (χ0v) is 12.8. The normalized spacial score (nSPS) is 14.4. The molecule has 0 unspecified atom stereocenters. The number of aromatic nitrogens is 2. The zero-order valence-electron chi connectivity index (χ0n) is 12.8. The number of hydrogen-bond acceptors (Lipinski definition) is 4. The highest BCUT2D eigenvalue weighted by Crippen LogP contribution is 2.19. The predicted octanol–water partition coefficient (Wildman–Crippen LogP) is 3.18. The van der Waals surface area contributed by atoms with Crippen LogP contribution in [0.3, 0.4) is 0 Å². The van der Waals surface area contributed by atoms with Crippen LogP contribution in [0.25, 0.3) is 0 Å². The number of benzene rings is 1. The van der Waals surface area contributed by atoms with Gasteiger partial charge < -0.3 is 10.2 Å². The third-order valence-corrected chi connectivity index (χ3v) is 3.88. The van der Waals surface area contributed by atoms with Crippen LogP contribution >= 0.6 is 0 Å². The van der Waals surface area contributed by atoms with Gasteiger partial charge in [0.2, 0.25) is 5.95 Å². The first kappa shape index (κ1) is 14.8. The Morgan fingerprint density at radius 3 is 2.59 bits per heavy atom. The molecular formula is C17H21FN4. The number of aryl methyl sites for hydroxylation is 1. The molecule has 0 bridgehead atoms. The number of halogens is 1. The van der Waals surface area contributed by atoms with Gasteiger partial charge in [-0.15, -0.1) is 0 Å². The molecule has 1 aromatic heterocycles. The van der Waals surface area contributed by atoms with Crippen LogP contribution in [-0.2, 0) is 6.42 Å². The van der Waals surface area contributed by atoms with Gasteiger partial charge >= 0.3 is 0 Å². The molecule has 2 heterocycles. The fourth-order valence-corrected chi connectivity index (χ4v) is 2.71. The molecule has 116 valence electrons. The molecule has 1 aromatic carbocycles. The summed E-state index contributed by atoms with van der Waals surface area (Å²) < 4.78 is 12.9. The second-order valence-electron chi connectivity index (χ2n) is 5.69. The van der Waals surface area contributed by atoms with Gasteiger partial charge in [-0.25, -0.2) is 9.37 Å². The molecule has 0 aliphatic carbocycles. The number of nitrogens with zero attached hydrogens (tertiary/aromatic N) is 3. The van der Waals surface area contributed by atoms with E-state index in [1.165, 1.54) is 25.0 Å². The minimum Gasteiger partial charge on any atom is -0.356 e. The number of hydrogen-bond donors (Lipinski definition) is 1. The van der Waals surface area contributed by atoms with Crippen LogP contribution in [-0.4, -0.2) is 29.6 Å². The third kappa shape index (κ3) is 3.72. The first-order chi connectivity index (χ1) is 10.7. The van der Waals surface area contributed by atoms with Crippen LogP contribution in [0.4, 0.5) is 16.2 Å². The summed E-state index contributed by atoms with van der Waals surface area (Å²) in [6.07, 6.45) is 3.28. The van der Waals surface area contributed by atoms with E-state index in [9.17, 15) is 4.39 Å². The van der Waals surface area contributed by atoms with Gasteiger partial charge in [0.05, 0.1) is 0 Å². The van der Waals surface area contributed by atoms with Crippen molar-refractivity contribution in [3.63, 3.8) is 0 Å². The van der Waals surface area contributed by atoms with Gasteiger partial charge in [-0.2, -0.15) is 4.98 Å². The Balaban J connectivity index is 1.61. The summed E-state index contributed by atoms with van der Waals surface area (Å²) >= 11 is 0. The maximum atomic E-state index is 12.9. The van der Waals surface area contributed by atoms with Crippen molar-refractivity contribution in [3.8, 4) is 0 Å². The molecule has 1 N–H and O–H groups in total. The maximum absolute atomic E-state index is 12.9. The molecule has 1 aliphatic rings. The minimum absolute atomic E-state index is 0.200. The Bertz CT molecular complexity index is 621. The summed E-state index contributed by atoms with van der Waals surface area (Å²) in [5, 5.41) is 3.27. The van der Waals surface area contributed by atoms with Crippen LogP contribution in [0.1, 0.15) is 24.1 Å². The van der Waals surface area contributed by atoms with Crippen LogP contribution in [0, 0.1) is 12.7 Å². The Kier molecular flexibility index (Phi) is 4.51. The molecule has 3 rings (SSSR count). The van der Waals surface area contributed by atoms with Gasteiger partial charge in [-0.05, 0) is 43.9 Å². The molecule has 0 spiro atoms. The molecule has 1 saturated heterocycles. The lowest BCUT2D eigenvalue weighted by molar-refractivity contribution is 0.627. The van der Waals surface area contributed by atoms with Gasteiger partial charge in [0.15, 0.2) is 0 Å². The van der Waals surface area contributed by atoms with Crippen molar-refractivity contribution in [2.75, 3.05) is 29.9 Å². The predicted molar refractivity (Wildman–Crippen MR) is 86.8 cm³/mol. The van der Waals surface area contributed by atoms with E-state index in [1.807, 2.05) is 25.1 Å². The molecule has 0 amide bonds. The number of rotatable bonds is 5. The van der Waals surface area contributed by atoms with Crippen molar-refractivity contribution >= 4 is 11.8 Å². The summed E-state index contributed by atoms with van der Waals surface area (Å²) in [7, 11) is 0. The van der Waals surface area contributed by atoms with Crippen molar-refractivity contribution in [1.29, 1.82) is 0 Å². The lowest BCUT2D eigenvalue weighted by Gasteiger charge is -2.17. The van der Waals surface area contributed by atoms with Crippen molar-refractivity contribution in [3.05, 3.63) is 47.4 Å². The van der Waals surface area contributed by atoms with Crippen molar-refractivity contribution < 1.29 is 4.39 Å². The van der Waals surface area contributed by atoms with Gasteiger partial charge in [0, 0.05) is 31.4 Å². The number of nitrogens with one attached hydrogen (secondary N) is 1. The monoisotopic (exact) mass is 300 g/mol. The van der Waals surface area contributed by atoms with Gasteiger partial charge in [0.1, 0.15) is 11.6 Å². The first-order valence-corrected chi connectivity index (χ1v) is 7.80. The van der Waals surface area contributed by atoms with E-state index < -0.39 is 0 Å². The third-order valence-electron chi connectivity index (χ3n) is 3.88. The molecule has 4 nitrogen and oxygen atoms in total. The lowest BCUT2D eigenvalue weighted by atomic mass is 10.1. The average Bonchev–Trinajstić information content (AvgIpc) is 3.03. The molecule has 1 fully saturated rings. The van der Waals surface area contributed by atoms with E-state index in [2.05, 4.69) is 20.2 Å². The van der Waals surface area contributed by atoms with E-state index in [-0.39, 0.29) is 5.82 Å². The highest BCUT2D eigenvalue weighted by atomic mass is 19.1. The van der Waals surface area contributed by atoms with E-state index in [4.69, 9.17) is 0 Å². The molecule has 0 radical (unpaired) electrons. The van der Waals surface area contributed by atoms with Crippen molar-refractivity contribution in [1.82, 2.24) is 9.97 Å². The van der Waals surface area contributed by atoms with Crippen LogP contribution in [0.2, 0.25) is 0 Å². The summed E-state index contributed by atoms with van der Waals surface area (Å²) in [6, 6.07) is 8.64. The van der Waals surface area contributed by atoms with E-state index in [0.29, 0.717) is 5.95 Å². The van der Waals surface area contributed by atoms with Crippen LogP contribution in [0.15, 0.2) is 30.3 Å². The van der Waals surface area contributed by atoms with Gasteiger partial charge in [0.25, 0.3) is 0 Å². The first-order valence-electron chi connectivity index (χ1n) is 7.80. The minimum atomic E-state index is -0.200. The largest absolute Gasteiger partial charge is 0.356 e. The van der Waals surface area contributed by atoms with Crippen molar-refractivity contribution in [2.45, 2.75) is 26.2 Å². The van der Waals surface area contributed by atoms with E-state index in [1.54, 1.807) is 0 Å². The zero-order chi connectivity index (χ0) is 15.4. The smallest absolute Gasteiger partial charge is 0.224 e. The van der Waals surface area contributed by atoms with Gasteiger partial charge in [-0.1, -0.05) is 12.1 Å². The van der Waals surface area contributed by atoms with Crippen LogP contribution in [0.5, 0.6) is 0 Å². The maximum Gasteiger partial charge on any atom is 0.224 e. The molecule has 2 aromatic rings. The highest BCUT2D eigenvalue weighted by molar-refractivity contribution is 5.45. The Labute approximate surface area is 130 Å². The van der Waals surface area contributed by atoms with Crippen LogP contribution < -0.4 is 10.2 Å². The lowest BCUT2D eigenvalue weighted by Crippen LogP contribution is -2.20. The summed E-state index contributed by atoms with van der Waals surface area (Å²) in [4.78, 5) is 11.4.